The van der Waals surface area contributed by atoms with E-state index in [9.17, 15) is 24.0 Å². The Kier molecular flexibility index (Phi) is 108. The first kappa shape index (κ1) is 165. The van der Waals surface area contributed by atoms with Gasteiger partial charge in [-0.05, 0) is 261 Å². The summed E-state index contributed by atoms with van der Waals surface area (Å²) in [6.07, 6.45) is 3.41. The zero-order valence-corrected chi connectivity index (χ0v) is 107. The van der Waals surface area contributed by atoms with Crippen LogP contribution in [0.3, 0.4) is 0 Å². The Balaban J connectivity index is -0.000000104. The fourth-order valence-electron chi connectivity index (χ4n) is 8.71. The number of hydrogen-bond acceptors (Lipinski definition) is 8. The maximum Gasteiger partial charge on any atom is 0.168 e. The largest absolute Gasteiger partial charge is 0.501 e. The number of methoxy groups -OCH3 is 3. The summed E-state index contributed by atoms with van der Waals surface area (Å²) in [5.41, 5.74) is 23.8. The zero-order valence-electron chi connectivity index (χ0n) is 107. The van der Waals surface area contributed by atoms with Crippen molar-refractivity contribution in [2.24, 2.45) is 43.3 Å². The molecule has 0 amide bonds. The van der Waals surface area contributed by atoms with Crippen molar-refractivity contribution in [3.8, 4) is 0 Å². The summed E-state index contributed by atoms with van der Waals surface area (Å²) < 4.78 is 14.7. The van der Waals surface area contributed by atoms with Crippen LogP contribution < -0.4 is 0 Å². The van der Waals surface area contributed by atoms with E-state index in [-0.39, 0.29) is 44.4 Å². The van der Waals surface area contributed by atoms with E-state index in [1.54, 1.807) is 21.3 Å². The third-order valence-corrected chi connectivity index (χ3v) is 20.4. The molecule has 0 atom stereocenters. The van der Waals surface area contributed by atoms with Crippen LogP contribution in [0.5, 0.6) is 0 Å². The molecule has 0 aliphatic rings. The van der Waals surface area contributed by atoms with Crippen LogP contribution in [-0.2, 0) is 54.3 Å². The molecular weight excluding hydrogens is 1750 g/mol. The van der Waals surface area contributed by atoms with E-state index in [2.05, 4.69) is 227 Å². The van der Waals surface area contributed by atoms with Gasteiger partial charge in [-0.15, -0.1) is 0 Å². The lowest BCUT2D eigenvalue weighted by atomic mass is 9.85. The molecule has 0 aromatic heterocycles. The molecule has 6 aromatic carbocycles. The van der Waals surface area contributed by atoms with Crippen molar-refractivity contribution in [3.63, 3.8) is 0 Å². The molecule has 0 bridgehead atoms. The summed E-state index contributed by atoms with van der Waals surface area (Å²) >= 11 is 0. The predicted octanol–water partition coefficient (Wildman–Crippen LogP) is 43.5. The van der Waals surface area contributed by atoms with Gasteiger partial charge in [0.05, 0.1) is 38.6 Å². The van der Waals surface area contributed by atoms with Crippen LogP contribution in [0.2, 0.25) is 0 Å². The van der Waals surface area contributed by atoms with Crippen molar-refractivity contribution in [2.75, 3.05) is 21.3 Å². The maximum absolute atomic E-state index is 11.7. The molecule has 824 valence electrons. The fraction of sp³-hybridized carbons (Fsp3) is 0.578. The van der Waals surface area contributed by atoms with Gasteiger partial charge in [0, 0.05) is 51.0 Å². The summed E-state index contributed by atoms with van der Waals surface area (Å²) in [6.45, 7) is 129. The van der Waals surface area contributed by atoms with Crippen molar-refractivity contribution < 1.29 is 38.2 Å². The zero-order chi connectivity index (χ0) is 117. The fourth-order valence-corrected chi connectivity index (χ4v) is 8.71. The van der Waals surface area contributed by atoms with Crippen molar-refractivity contribution in [2.45, 2.75) is 462 Å². The number of allylic oxidation sites excluding steroid dienone is 16. The average Bonchev–Trinajstić information content (AvgIpc) is 0.862. The Morgan fingerprint density at radius 1 is 0.203 bits per heavy atom. The van der Waals surface area contributed by atoms with E-state index in [0.29, 0.717) is 40.7 Å². The first-order valence-electron chi connectivity index (χ1n) is 52.9. The minimum absolute atomic E-state index is 0.197. The van der Waals surface area contributed by atoms with Crippen LogP contribution in [0.1, 0.15) is 479 Å². The molecular formula is C135H236O8. The molecule has 0 saturated heterocycles. The van der Waals surface area contributed by atoms with Gasteiger partial charge in [-0.2, -0.15) is 0 Å². The lowest BCUT2D eigenvalue weighted by molar-refractivity contribution is -0.126. The summed E-state index contributed by atoms with van der Waals surface area (Å²) in [7, 11) is 5.05. The molecule has 143 heavy (non-hydrogen) atoms. The molecule has 8 heteroatoms. The topological polar surface area (TPSA) is 113 Å². The van der Waals surface area contributed by atoms with E-state index in [4.69, 9.17) is 14.2 Å². The molecule has 0 spiro atoms. The summed E-state index contributed by atoms with van der Waals surface area (Å²) in [6, 6.07) is 59.8. The monoisotopic (exact) mass is 1990 g/mol. The van der Waals surface area contributed by atoms with E-state index in [1.807, 2.05) is 391 Å². The van der Waals surface area contributed by atoms with Crippen molar-refractivity contribution in [1.82, 2.24) is 0 Å². The van der Waals surface area contributed by atoms with Crippen LogP contribution in [0.4, 0.5) is 0 Å². The predicted molar refractivity (Wildman–Crippen MR) is 651 cm³/mol. The lowest BCUT2D eigenvalue weighted by Crippen LogP contribution is -2.21. The summed E-state index contributed by atoms with van der Waals surface area (Å²) in [4.78, 5) is 58.1. The number of rotatable bonds is 12. The number of ketones is 5. The van der Waals surface area contributed by atoms with E-state index < -0.39 is 0 Å². The highest BCUT2D eigenvalue weighted by atomic mass is 16.5. The highest BCUT2D eigenvalue weighted by Gasteiger charge is 2.26. The van der Waals surface area contributed by atoms with Gasteiger partial charge in [0.2, 0.25) is 0 Å². The van der Waals surface area contributed by atoms with E-state index >= 15 is 0 Å². The summed E-state index contributed by atoms with van der Waals surface area (Å²) in [5, 5.41) is 0. The van der Waals surface area contributed by atoms with Crippen molar-refractivity contribution in [1.29, 1.82) is 0 Å². The molecule has 0 saturated carbocycles. The minimum atomic E-state index is -0.276. The molecule has 6 rings (SSSR count). The third-order valence-electron chi connectivity index (χ3n) is 20.4. The Bertz CT molecular complexity index is 4010. The third kappa shape index (κ3) is 112. The van der Waals surface area contributed by atoms with Crippen LogP contribution in [0.25, 0.3) is 0 Å². The molecule has 0 N–H and O–H groups in total. The van der Waals surface area contributed by atoms with Crippen LogP contribution in [0.15, 0.2) is 272 Å². The first-order chi connectivity index (χ1) is 65.3. The molecule has 0 aliphatic carbocycles. The van der Waals surface area contributed by atoms with Gasteiger partial charge in [0.15, 0.2) is 17.3 Å². The Morgan fingerprint density at radius 2 is 0.378 bits per heavy atom. The molecule has 0 unspecified atom stereocenters. The van der Waals surface area contributed by atoms with Gasteiger partial charge in [-0.25, -0.2) is 0 Å². The van der Waals surface area contributed by atoms with Crippen LogP contribution >= 0.6 is 0 Å². The smallest absolute Gasteiger partial charge is 0.168 e. The second-order valence-electron chi connectivity index (χ2n) is 44.4. The van der Waals surface area contributed by atoms with E-state index in [0.717, 1.165) is 63.5 Å². The standard InChI is InChI=1S/2C12H16O.2C11H14O.2C11H16.C10H18O.C9H18.3C6H12O.3C6H12.6C2H6/c2*1-12(2,3)11(13)9-10-7-5-4-6-8-10;2*1-11(2,3)10(12)9-7-5-4-6-8-9;2*1-11(2,3)9-10-7-5-4-6-8-10;1-7(2)8(3)9(11)10(4,5)6;1-7(2)8(3)9(4,5)6;3*1-5(2)6(3)7-4;3*1-5(2)6(3)4;6*1-2/h2*4-8H,9H2,1-3H3;2*4-8H,1-3H3;2*4-8H,9H2,1-3H3;1-6H3;1-6H3;3*1-4H3;3*1-4H3;6*1-2H3. The van der Waals surface area contributed by atoms with Gasteiger partial charge >= 0.3 is 0 Å². The second kappa shape index (κ2) is 94.0. The second-order valence-corrected chi connectivity index (χ2v) is 44.4. The average molecular weight is 1990 g/mol. The van der Waals surface area contributed by atoms with Gasteiger partial charge in [-0.3, -0.25) is 24.0 Å². The van der Waals surface area contributed by atoms with Crippen molar-refractivity contribution >= 4 is 28.9 Å². The maximum atomic E-state index is 11.7. The van der Waals surface area contributed by atoms with Gasteiger partial charge in [-0.1, -0.05) is 481 Å². The van der Waals surface area contributed by atoms with Crippen LogP contribution in [0, 0.1) is 43.3 Å². The summed E-state index contributed by atoms with van der Waals surface area (Å²) in [5.74, 6) is 4.26. The Labute approximate surface area is 893 Å². The highest BCUT2D eigenvalue weighted by Crippen LogP contribution is 2.28. The Morgan fingerprint density at radius 3 is 0.476 bits per heavy atom. The first-order valence-corrected chi connectivity index (χ1v) is 52.9. The van der Waals surface area contributed by atoms with Gasteiger partial charge in [0.25, 0.3) is 0 Å². The molecule has 0 aliphatic heterocycles. The minimum Gasteiger partial charge on any atom is -0.501 e. The highest BCUT2D eigenvalue weighted by molar-refractivity contribution is 6.00. The molecule has 0 heterocycles. The molecule has 8 nitrogen and oxygen atoms in total. The molecule has 0 fully saturated rings. The number of carbonyl (C=O) groups is 5. The number of Topliss-reactive ketones (excluding diaryl/α,β-unsaturated/α-hetero) is 5. The number of carbonyl (C=O) groups excluding carboxylic acids is 5. The quantitative estimate of drug-likeness (QED) is 0.0515. The Hall–Kier alpha value is -9.01. The molecule has 6 aromatic rings. The van der Waals surface area contributed by atoms with Gasteiger partial charge in [0.1, 0.15) is 11.6 Å². The van der Waals surface area contributed by atoms with Crippen LogP contribution in [-0.4, -0.2) is 50.2 Å². The number of benzene rings is 6. The van der Waals surface area contributed by atoms with Gasteiger partial charge < -0.3 is 14.2 Å². The SMILES string of the molecule is CC.CC.CC.CC.CC.CC.CC(C)(C)C(=O)Cc1ccccc1.CC(C)(C)C(=O)Cc1ccccc1.CC(C)(C)C(=O)c1ccccc1.CC(C)(C)C(=O)c1ccccc1.CC(C)(C)Cc1ccccc1.CC(C)(C)Cc1ccccc1.CC(C)=C(C)C.CC(C)=C(C)C.CC(C)=C(C)C.CC(C)=C(C)C(=O)C(C)(C)C.CC(C)=C(C)C(C)(C)C.COC(C)=C(C)C.COC(C)=C(C)C.COC(C)=C(C)C. The number of hydrogen-bond donors (Lipinski definition) is 0. The lowest BCUT2D eigenvalue weighted by Gasteiger charge is -2.20. The van der Waals surface area contributed by atoms with E-state index in [1.165, 1.54) is 72.4 Å². The normalized spacial score (nSPS) is 9.72. The molecule has 0 radical (unpaired) electrons. The van der Waals surface area contributed by atoms with Crippen molar-refractivity contribution in [3.05, 3.63) is 305 Å². The number of ether oxygens (including phenoxy) is 3.